The minimum atomic E-state index is -0.320. The molecule has 0 radical (unpaired) electrons. The summed E-state index contributed by atoms with van der Waals surface area (Å²) in [6.07, 6.45) is 0. The van der Waals surface area contributed by atoms with Gasteiger partial charge < -0.3 is 10.1 Å². The Kier molecular flexibility index (Phi) is 4.63. The van der Waals surface area contributed by atoms with Crippen molar-refractivity contribution in [1.82, 2.24) is 10.4 Å². The predicted octanol–water partition coefficient (Wildman–Crippen LogP) is 0.601. The topological polar surface area (TPSA) is 53.6 Å². The van der Waals surface area contributed by atoms with Crippen LogP contribution in [0.1, 0.15) is 0 Å². The molecule has 0 spiro atoms. The summed E-state index contributed by atoms with van der Waals surface area (Å²) in [5, 5.41) is 4.63. The van der Waals surface area contributed by atoms with Crippen LogP contribution in [0.15, 0.2) is 24.3 Å². The number of hydrogen-bond acceptors (Lipinski definition) is 4. The normalized spacial score (nSPS) is 16.5. The number of anilines is 1. The van der Waals surface area contributed by atoms with Gasteiger partial charge in [0.25, 0.3) is 0 Å². The highest BCUT2D eigenvalue weighted by Crippen LogP contribution is 2.07. The summed E-state index contributed by atoms with van der Waals surface area (Å²) < 4.78 is 17.9. The van der Waals surface area contributed by atoms with Gasteiger partial charge in [0, 0.05) is 18.8 Å². The quantitative estimate of drug-likeness (QED) is 0.825. The van der Waals surface area contributed by atoms with Gasteiger partial charge in [-0.25, -0.2) is 14.8 Å². The van der Waals surface area contributed by atoms with Crippen LogP contribution >= 0.6 is 0 Å². The lowest BCUT2D eigenvalue weighted by molar-refractivity contribution is -0.116. The van der Waals surface area contributed by atoms with Crippen LogP contribution in [-0.2, 0) is 9.53 Å². The third kappa shape index (κ3) is 4.06. The molecule has 1 saturated heterocycles. The molecule has 98 valence electrons. The van der Waals surface area contributed by atoms with Crippen LogP contribution in [-0.4, -0.2) is 43.8 Å². The standard InChI is InChI=1S/C12H16FN3O2/c13-10-1-3-11(4-2-10)15-12(17)9-14-16-5-7-18-8-6-16/h1-4,14H,5-9H2,(H,15,17). The van der Waals surface area contributed by atoms with Crippen molar-refractivity contribution in [2.75, 3.05) is 38.2 Å². The van der Waals surface area contributed by atoms with Crippen molar-refractivity contribution < 1.29 is 13.9 Å². The van der Waals surface area contributed by atoms with Crippen LogP contribution in [0, 0.1) is 5.82 Å². The molecule has 1 heterocycles. The largest absolute Gasteiger partial charge is 0.379 e. The second-order valence-electron chi connectivity index (χ2n) is 3.99. The Hall–Kier alpha value is -1.50. The zero-order valence-corrected chi connectivity index (χ0v) is 9.99. The number of carbonyl (C=O) groups is 1. The van der Waals surface area contributed by atoms with Crippen LogP contribution in [0.2, 0.25) is 0 Å². The van der Waals surface area contributed by atoms with E-state index in [0.29, 0.717) is 18.9 Å². The third-order valence-corrected chi connectivity index (χ3v) is 2.60. The fourth-order valence-corrected chi connectivity index (χ4v) is 1.64. The number of hydrazine groups is 1. The maximum atomic E-state index is 12.7. The Labute approximate surface area is 105 Å². The maximum absolute atomic E-state index is 12.7. The second-order valence-corrected chi connectivity index (χ2v) is 3.99. The molecule has 0 unspecified atom stereocenters. The van der Waals surface area contributed by atoms with Gasteiger partial charge in [-0.3, -0.25) is 4.79 Å². The number of benzene rings is 1. The SMILES string of the molecule is O=C(CNN1CCOCC1)Nc1ccc(F)cc1. The molecule has 5 nitrogen and oxygen atoms in total. The van der Waals surface area contributed by atoms with Crippen molar-refractivity contribution in [3.63, 3.8) is 0 Å². The van der Waals surface area contributed by atoms with Crippen molar-refractivity contribution in [2.24, 2.45) is 0 Å². The van der Waals surface area contributed by atoms with Crippen molar-refractivity contribution in [3.8, 4) is 0 Å². The zero-order chi connectivity index (χ0) is 12.8. The zero-order valence-electron chi connectivity index (χ0n) is 9.99. The fraction of sp³-hybridized carbons (Fsp3) is 0.417. The maximum Gasteiger partial charge on any atom is 0.239 e. The van der Waals surface area contributed by atoms with Gasteiger partial charge in [-0.2, -0.15) is 0 Å². The average Bonchev–Trinajstić information content (AvgIpc) is 2.40. The van der Waals surface area contributed by atoms with E-state index in [1.807, 2.05) is 5.01 Å². The van der Waals surface area contributed by atoms with Crippen LogP contribution in [0.3, 0.4) is 0 Å². The van der Waals surface area contributed by atoms with Gasteiger partial charge in [-0.15, -0.1) is 0 Å². The summed E-state index contributed by atoms with van der Waals surface area (Å²) in [6.45, 7) is 3.07. The van der Waals surface area contributed by atoms with Crippen molar-refractivity contribution in [3.05, 3.63) is 30.1 Å². The Bertz CT molecular complexity index is 391. The minimum absolute atomic E-state index is 0.159. The van der Waals surface area contributed by atoms with E-state index in [1.54, 1.807) is 0 Å². The smallest absolute Gasteiger partial charge is 0.239 e. The summed E-state index contributed by atoms with van der Waals surface area (Å²) in [5.41, 5.74) is 3.61. The van der Waals surface area contributed by atoms with Gasteiger partial charge in [0.05, 0.1) is 19.8 Å². The molecule has 6 heteroatoms. The second kappa shape index (κ2) is 6.44. The molecule has 18 heavy (non-hydrogen) atoms. The Morgan fingerprint density at radius 1 is 1.28 bits per heavy atom. The lowest BCUT2D eigenvalue weighted by Crippen LogP contribution is -2.48. The van der Waals surface area contributed by atoms with Crippen molar-refractivity contribution >= 4 is 11.6 Å². The van der Waals surface area contributed by atoms with E-state index in [4.69, 9.17) is 4.74 Å². The number of rotatable bonds is 4. The monoisotopic (exact) mass is 253 g/mol. The van der Waals surface area contributed by atoms with E-state index in [-0.39, 0.29) is 18.3 Å². The molecule has 2 rings (SSSR count). The Morgan fingerprint density at radius 2 is 1.94 bits per heavy atom. The molecule has 0 aliphatic carbocycles. The number of nitrogens with one attached hydrogen (secondary N) is 2. The van der Waals surface area contributed by atoms with Crippen molar-refractivity contribution in [2.45, 2.75) is 0 Å². The Balaban J connectivity index is 1.73. The Morgan fingerprint density at radius 3 is 2.61 bits per heavy atom. The molecule has 0 bridgehead atoms. The van der Waals surface area contributed by atoms with Crippen LogP contribution in [0.25, 0.3) is 0 Å². The summed E-state index contributed by atoms with van der Waals surface area (Å²) in [6, 6.07) is 5.68. The van der Waals surface area contributed by atoms with Crippen molar-refractivity contribution in [1.29, 1.82) is 0 Å². The van der Waals surface area contributed by atoms with E-state index in [0.717, 1.165) is 13.1 Å². The molecule has 0 aromatic heterocycles. The minimum Gasteiger partial charge on any atom is -0.379 e. The van der Waals surface area contributed by atoms with E-state index >= 15 is 0 Å². The van der Waals surface area contributed by atoms with Crippen LogP contribution in [0.4, 0.5) is 10.1 Å². The van der Waals surface area contributed by atoms with E-state index in [1.165, 1.54) is 24.3 Å². The fourth-order valence-electron chi connectivity index (χ4n) is 1.64. The first kappa shape index (κ1) is 12.9. The summed E-state index contributed by atoms with van der Waals surface area (Å²) in [5.74, 6) is -0.479. The molecule has 0 saturated carbocycles. The third-order valence-electron chi connectivity index (χ3n) is 2.60. The molecular formula is C12H16FN3O2. The summed E-state index contributed by atoms with van der Waals surface area (Å²) in [4.78, 5) is 11.6. The number of ether oxygens (including phenoxy) is 1. The van der Waals surface area contributed by atoms with E-state index in [2.05, 4.69) is 10.7 Å². The summed E-state index contributed by atoms with van der Waals surface area (Å²) >= 11 is 0. The average molecular weight is 253 g/mol. The van der Waals surface area contributed by atoms with Gasteiger partial charge in [-0.05, 0) is 24.3 Å². The van der Waals surface area contributed by atoms with Gasteiger partial charge in [-0.1, -0.05) is 0 Å². The van der Waals surface area contributed by atoms with Gasteiger partial charge in [0.1, 0.15) is 5.82 Å². The molecule has 1 aliphatic rings. The van der Waals surface area contributed by atoms with Gasteiger partial charge >= 0.3 is 0 Å². The highest BCUT2D eigenvalue weighted by Gasteiger charge is 2.11. The number of morpholine rings is 1. The molecule has 0 atom stereocenters. The highest BCUT2D eigenvalue weighted by molar-refractivity contribution is 5.92. The summed E-state index contributed by atoms with van der Waals surface area (Å²) in [7, 11) is 0. The number of hydrogen-bond donors (Lipinski definition) is 2. The number of halogens is 1. The number of nitrogens with zero attached hydrogens (tertiary/aromatic N) is 1. The first-order chi connectivity index (χ1) is 8.74. The van der Waals surface area contributed by atoms with Crippen LogP contribution < -0.4 is 10.7 Å². The molecule has 2 N–H and O–H groups in total. The lowest BCUT2D eigenvalue weighted by atomic mass is 10.3. The van der Waals surface area contributed by atoms with Gasteiger partial charge in [0.15, 0.2) is 0 Å². The first-order valence-electron chi connectivity index (χ1n) is 5.85. The molecule has 1 aromatic carbocycles. The highest BCUT2D eigenvalue weighted by atomic mass is 19.1. The molecule has 1 aliphatic heterocycles. The number of amides is 1. The molecular weight excluding hydrogens is 237 g/mol. The van der Waals surface area contributed by atoms with Crippen LogP contribution in [0.5, 0.6) is 0 Å². The van der Waals surface area contributed by atoms with E-state index < -0.39 is 0 Å². The first-order valence-corrected chi connectivity index (χ1v) is 5.85. The molecule has 1 amide bonds. The number of carbonyl (C=O) groups excluding carboxylic acids is 1. The van der Waals surface area contributed by atoms with E-state index in [9.17, 15) is 9.18 Å². The predicted molar refractivity (Wildman–Crippen MR) is 65.4 cm³/mol. The van der Waals surface area contributed by atoms with Gasteiger partial charge in [0.2, 0.25) is 5.91 Å². The molecule has 1 aromatic rings. The lowest BCUT2D eigenvalue weighted by Gasteiger charge is -2.26. The molecule has 1 fully saturated rings.